The highest BCUT2D eigenvalue weighted by Gasteiger charge is 2.56. The number of methoxy groups -OCH3 is 3. The number of carbonyl (C=O) groups excluding carboxylic acids is 4. The number of aliphatic hydroxyl groups excluding tert-OH is 3. The Morgan fingerprint density at radius 3 is 2.36 bits per heavy atom. The molecule has 15 nitrogen and oxygen atoms in total. The molecule has 3 fully saturated rings. The summed E-state index contributed by atoms with van der Waals surface area (Å²) in [7, 11) is 4.55. The fraction of sp³-hybridized carbons (Fsp3) is 0.694. The van der Waals surface area contributed by atoms with E-state index in [1.165, 1.54) is 14.2 Å². The maximum absolute atomic E-state index is 14.5. The van der Waals surface area contributed by atoms with E-state index in [4.69, 9.17) is 23.7 Å². The van der Waals surface area contributed by atoms with E-state index in [0.29, 0.717) is 50.5 Å². The summed E-state index contributed by atoms with van der Waals surface area (Å²) in [6.45, 7) is 6.88. The first kappa shape index (κ1) is 51.3. The molecule has 4 N–H and O–H groups in total. The minimum atomic E-state index is -2.58. The molecule has 1 amide bonds. The van der Waals surface area contributed by atoms with Gasteiger partial charge in [0, 0.05) is 77.2 Å². The molecule has 2 bridgehead atoms. The van der Waals surface area contributed by atoms with Crippen molar-refractivity contribution in [3.8, 4) is 0 Å². The molecule has 64 heavy (non-hydrogen) atoms. The molecule has 14 atom stereocenters. The lowest BCUT2D eigenvalue weighted by Gasteiger charge is -2.47. The molecule has 0 aromatic carbocycles. The van der Waals surface area contributed by atoms with Crippen LogP contribution in [0.1, 0.15) is 104 Å². The van der Waals surface area contributed by atoms with Crippen LogP contribution in [0.4, 0.5) is 0 Å². The van der Waals surface area contributed by atoms with Crippen molar-refractivity contribution >= 4 is 29.5 Å². The van der Waals surface area contributed by atoms with E-state index >= 15 is 0 Å². The van der Waals surface area contributed by atoms with Gasteiger partial charge < -0.3 is 49.0 Å². The highest BCUT2D eigenvalue weighted by molar-refractivity contribution is 6.39. The van der Waals surface area contributed by atoms with Crippen LogP contribution in [0, 0.1) is 29.6 Å². The Bertz CT molecular complexity index is 1820. The Morgan fingerprint density at radius 1 is 0.953 bits per heavy atom. The van der Waals surface area contributed by atoms with Crippen molar-refractivity contribution in [2.75, 3.05) is 34.5 Å². The number of cyclic esters (lactones) is 1. The first-order valence-corrected chi connectivity index (χ1v) is 23.0. The number of hydrogen-bond acceptors (Lipinski definition) is 14. The molecule has 3 aliphatic heterocycles. The van der Waals surface area contributed by atoms with Gasteiger partial charge in [-0.3, -0.25) is 19.4 Å². The van der Waals surface area contributed by atoms with Crippen LogP contribution in [0.5, 0.6) is 0 Å². The zero-order valence-corrected chi connectivity index (χ0v) is 38.7. The lowest BCUT2D eigenvalue weighted by molar-refractivity contribution is -0.303. The van der Waals surface area contributed by atoms with Gasteiger partial charge in [-0.25, -0.2) is 4.79 Å². The van der Waals surface area contributed by atoms with Gasteiger partial charge in [-0.05, 0) is 101 Å². The SMILES string of the molecule is CO[C@H]1C/C(C)=C/[C@@H](C/C=C/c2ccccn2)C(=O)C[C@H](O)[C@@H](C)[C@@H](/C(C)=C/[C@@H]2CC[C@@H](O)[C@H](CO)C2)OC(=O)[C@@H]2CCCCN2C(=O)C(=O)[C@]2(O)O[C@H]([C@@H](OC)C1)[C@@H](OC)C[C@H]2C. The molecule has 0 spiro atoms. The lowest BCUT2D eigenvalue weighted by Crippen LogP contribution is -2.64. The van der Waals surface area contributed by atoms with Crippen molar-refractivity contribution in [2.24, 2.45) is 29.6 Å². The fourth-order valence-electron chi connectivity index (χ4n) is 9.99. The van der Waals surface area contributed by atoms with E-state index in [1.807, 2.05) is 49.4 Å². The molecule has 5 rings (SSSR count). The number of rotatable bonds is 9. The van der Waals surface area contributed by atoms with Crippen LogP contribution in [-0.4, -0.2) is 143 Å². The standard InChI is InChI=1S/C49H72N2O13/c1-29-21-34(13-12-15-36-14-8-10-19-50-36)41(55)27-40(54)32(4)44(30(2)23-33-17-18-39(53)35(25-33)28-52)63-48(58)38-16-9-11-20-51(38)47(57)46(56)49(59)31(3)24-42(61-6)45(64-49)43(62-7)26-37(22-29)60-5/h8,10,12,14-15,19,21,23,31-35,37-40,42-45,52-54,59H,9,11,13,16-18,20,22,24-28H2,1-7H3/b15-12+,29-21+,30-23+/t31-,32-,33+,34-,35+,37+,38+,39-,40+,42+,43+,44-,45+,49-/m1/s1. The van der Waals surface area contributed by atoms with Gasteiger partial charge in [-0.1, -0.05) is 43.7 Å². The van der Waals surface area contributed by atoms with Gasteiger partial charge in [-0.15, -0.1) is 0 Å². The number of esters is 1. The monoisotopic (exact) mass is 897 g/mol. The van der Waals surface area contributed by atoms with E-state index in [9.17, 15) is 39.6 Å². The van der Waals surface area contributed by atoms with Crippen LogP contribution < -0.4 is 0 Å². The Labute approximate surface area is 378 Å². The number of ether oxygens (including phenoxy) is 5. The Hall–Kier alpha value is -3.67. The second-order valence-electron chi connectivity index (χ2n) is 18.6. The molecule has 1 aromatic heterocycles. The molecule has 2 saturated heterocycles. The van der Waals surface area contributed by atoms with E-state index in [-0.39, 0.29) is 56.5 Å². The molecule has 356 valence electrons. The summed E-state index contributed by atoms with van der Waals surface area (Å²) in [6.07, 6.45) is 7.09. The van der Waals surface area contributed by atoms with Crippen molar-refractivity contribution < 1.29 is 63.3 Å². The van der Waals surface area contributed by atoms with Crippen molar-refractivity contribution in [3.05, 3.63) is 59.5 Å². The second kappa shape index (κ2) is 23.7. The van der Waals surface area contributed by atoms with Gasteiger partial charge in [0.2, 0.25) is 5.79 Å². The molecule has 15 heteroatoms. The highest BCUT2D eigenvalue weighted by Crippen LogP contribution is 2.39. The minimum Gasteiger partial charge on any atom is -0.456 e. The molecule has 1 saturated carbocycles. The summed E-state index contributed by atoms with van der Waals surface area (Å²) in [5, 5.41) is 44.5. The van der Waals surface area contributed by atoms with Crippen molar-refractivity contribution in [1.82, 2.24) is 9.88 Å². The molecule has 4 heterocycles. The quantitative estimate of drug-likeness (QED) is 0.153. The summed E-state index contributed by atoms with van der Waals surface area (Å²) in [5.41, 5.74) is 2.16. The third kappa shape index (κ3) is 12.6. The smallest absolute Gasteiger partial charge is 0.329 e. The topological polar surface area (TPSA) is 211 Å². The number of pyridine rings is 1. The number of aromatic nitrogens is 1. The molecule has 4 aliphatic rings. The van der Waals surface area contributed by atoms with E-state index in [0.717, 1.165) is 16.2 Å². The van der Waals surface area contributed by atoms with Crippen LogP contribution in [0.15, 0.2) is 53.8 Å². The number of amides is 1. The fourth-order valence-corrected chi connectivity index (χ4v) is 9.99. The zero-order chi connectivity index (χ0) is 46.7. The number of fused-ring (bicyclic) bond motifs is 3. The third-order valence-corrected chi connectivity index (χ3v) is 14.0. The van der Waals surface area contributed by atoms with Crippen molar-refractivity contribution in [2.45, 2.75) is 153 Å². The zero-order valence-electron chi connectivity index (χ0n) is 38.7. The summed E-state index contributed by atoms with van der Waals surface area (Å²) < 4.78 is 30.3. The average Bonchev–Trinajstić information content (AvgIpc) is 3.29. The van der Waals surface area contributed by atoms with Gasteiger partial charge in [-0.2, -0.15) is 0 Å². The first-order valence-electron chi connectivity index (χ1n) is 23.0. The molecular formula is C49H72N2O13. The Balaban J connectivity index is 1.57. The predicted molar refractivity (Wildman–Crippen MR) is 237 cm³/mol. The summed E-state index contributed by atoms with van der Waals surface area (Å²) >= 11 is 0. The number of ketones is 2. The highest BCUT2D eigenvalue weighted by atomic mass is 16.7. The van der Waals surface area contributed by atoms with Crippen molar-refractivity contribution in [3.63, 3.8) is 0 Å². The molecule has 1 aromatic rings. The summed E-state index contributed by atoms with van der Waals surface area (Å²) in [5.74, 6) is -8.62. The van der Waals surface area contributed by atoms with Gasteiger partial charge in [0.15, 0.2) is 0 Å². The second-order valence-corrected chi connectivity index (χ2v) is 18.6. The molecular weight excluding hydrogens is 825 g/mol. The van der Waals surface area contributed by atoms with Gasteiger partial charge >= 0.3 is 5.97 Å². The van der Waals surface area contributed by atoms with Gasteiger partial charge in [0.25, 0.3) is 11.7 Å². The van der Waals surface area contributed by atoms with Gasteiger partial charge in [0.1, 0.15) is 24.0 Å². The largest absolute Gasteiger partial charge is 0.456 e. The normalized spacial score (nSPS) is 37.9. The summed E-state index contributed by atoms with van der Waals surface area (Å²) in [6, 6.07) is 4.36. The number of carbonyl (C=O) groups is 4. The Morgan fingerprint density at radius 2 is 1.69 bits per heavy atom. The van der Waals surface area contributed by atoms with E-state index in [2.05, 4.69) is 4.98 Å². The third-order valence-electron chi connectivity index (χ3n) is 14.0. The molecule has 1 aliphatic carbocycles. The number of hydrogen-bond donors (Lipinski definition) is 4. The first-order chi connectivity index (χ1) is 30.5. The summed E-state index contributed by atoms with van der Waals surface area (Å²) in [4.78, 5) is 63.0. The maximum atomic E-state index is 14.5. The maximum Gasteiger partial charge on any atom is 0.329 e. The van der Waals surface area contributed by atoms with Gasteiger partial charge in [0.05, 0.1) is 36.2 Å². The number of allylic oxidation sites excluding steroid dienone is 3. The number of piperidine rings is 1. The van der Waals surface area contributed by atoms with Crippen LogP contribution in [0.25, 0.3) is 6.08 Å². The van der Waals surface area contributed by atoms with Crippen LogP contribution >= 0.6 is 0 Å². The van der Waals surface area contributed by atoms with Crippen LogP contribution in [-0.2, 0) is 42.9 Å². The average molecular weight is 897 g/mol. The van der Waals surface area contributed by atoms with Crippen LogP contribution in [0.2, 0.25) is 0 Å². The molecule has 0 radical (unpaired) electrons. The number of nitrogens with zero attached hydrogens (tertiary/aromatic N) is 2. The minimum absolute atomic E-state index is 0.0524. The Kier molecular flexibility index (Phi) is 19.0. The van der Waals surface area contributed by atoms with Crippen LogP contribution in [0.3, 0.4) is 0 Å². The van der Waals surface area contributed by atoms with Crippen molar-refractivity contribution in [1.29, 1.82) is 0 Å². The number of aliphatic hydroxyl groups is 4. The predicted octanol–water partition coefficient (Wildman–Crippen LogP) is 4.53. The van der Waals surface area contributed by atoms with E-state index < -0.39 is 90.0 Å². The molecule has 0 unspecified atom stereocenters. The van der Waals surface area contributed by atoms with E-state index in [1.54, 1.807) is 34.1 Å². The number of Topliss-reactive ketones (excluding diaryl/α,β-unsaturated/α-hetero) is 2. The lowest BCUT2D eigenvalue weighted by atomic mass is 9.78.